The first-order valence-corrected chi connectivity index (χ1v) is 9.15. The minimum Gasteiger partial charge on any atom is -0.382 e. The number of hydrogen-bond acceptors (Lipinski definition) is 5. The van der Waals surface area contributed by atoms with E-state index in [0.717, 1.165) is 41.7 Å². The van der Waals surface area contributed by atoms with E-state index in [4.69, 9.17) is 10.5 Å². The second kappa shape index (κ2) is 6.51. The van der Waals surface area contributed by atoms with Crippen LogP contribution < -0.4 is 5.73 Å². The summed E-state index contributed by atoms with van der Waals surface area (Å²) in [4.78, 5) is 4.42. The lowest BCUT2D eigenvalue weighted by atomic mass is 10.1. The minimum absolute atomic E-state index is 0.0523. The molecular weight excluding hydrogens is 340 g/mol. The molecule has 1 unspecified atom stereocenters. The van der Waals surface area contributed by atoms with Gasteiger partial charge in [0.1, 0.15) is 11.7 Å². The zero-order valence-electron chi connectivity index (χ0n) is 14.8. The SMILES string of the molecule is Nc1nc(-c2ccc(-c3cnn(C4CCCCO4)c3)cc2)nn2cccc12. The minimum atomic E-state index is 0.0523. The van der Waals surface area contributed by atoms with Gasteiger partial charge in [0.15, 0.2) is 11.6 Å². The van der Waals surface area contributed by atoms with Crippen LogP contribution in [-0.2, 0) is 4.74 Å². The average Bonchev–Trinajstić information content (AvgIpc) is 3.39. The third kappa shape index (κ3) is 2.96. The van der Waals surface area contributed by atoms with Crippen molar-refractivity contribution < 1.29 is 4.74 Å². The van der Waals surface area contributed by atoms with E-state index in [0.29, 0.717) is 11.6 Å². The lowest BCUT2D eigenvalue weighted by molar-refractivity contribution is -0.0394. The van der Waals surface area contributed by atoms with E-state index in [1.807, 2.05) is 47.5 Å². The Morgan fingerprint density at radius 3 is 2.70 bits per heavy atom. The van der Waals surface area contributed by atoms with E-state index >= 15 is 0 Å². The second-order valence-corrected chi connectivity index (χ2v) is 6.77. The van der Waals surface area contributed by atoms with Gasteiger partial charge in [0.05, 0.1) is 6.20 Å². The Bertz CT molecular complexity index is 1080. The Labute approximate surface area is 156 Å². The first-order valence-electron chi connectivity index (χ1n) is 9.15. The standard InChI is InChI=1S/C20H20N6O/c21-19-17-4-3-10-25(17)24-20(23-19)15-8-6-14(7-9-15)16-12-22-26(13-16)18-5-1-2-11-27-18/h3-4,6-10,12-13,18H,1-2,5,11H2,(H2,21,23,24). The second-order valence-electron chi connectivity index (χ2n) is 6.77. The predicted molar refractivity (Wildman–Crippen MR) is 103 cm³/mol. The first kappa shape index (κ1) is 16.0. The van der Waals surface area contributed by atoms with Crippen molar-refractivity contribution in [2.45, 2.75) is 25.5 Å². The molecule has 4 aromatic rings. The van der Waals surface area contributed by atoms with Crippen molar-refractivity contribution in [2.24, 2.45) is 0 Å². The molecule has 0 aliphatic carbocycles. The zero-order valence-corrected chi connectivity index (χ0v) is 14.8. The summed E-state index contributed by atoms with van der Waals surface area (Å²) in [6, 6.07) is 11.9. The summed E-state index contributed by atoms with van der Waals surface area (Å²) in [6.45, 7) is 0.809. The van der Waals surface area contributed by atoms with Gasteiger partial charge in [-0.2, -0.15) is 5.10 Å². The van der Waals surface area contributed by atoms with Crippen molar-refractivity contribution in [3.63, 3.8) is 0 Å². The number of rotatable bonds is 3. The van der Waals surface area contributed by atoms with Crippen LogP contribution >= 0.6 is 0 Å². The Hall–Kier alpha value is -3.19. The van der Waals surface area contributed by atoms with Crippen LogP contribution in [0.3, 0.4) is 0 Å². The number of nitrogen functional groups attached to an aromatic ring is 1. The molecule has 1 aliphatic rings. The molecule has 1 aliphatic heterocycles. The smallest absolute Gasteiger partial charge is 0.182 e. The largest absolute Gasteiger partial charge is 0.382 e. The Morgan fingerprint density at radius 1 is 1.04 bits per heavy atom. The number of ether oxygens (including phenoxy) is 1. The Morgan fingerprint density at radius 2 is 1.89 bits per heavy atom. The molecule has 0 bridgehead atoms. The predicted octanol–water partition coefficient (Wildman–Crippen LogP) is 3.54. The quantitative estimate of drug-likeness (QED) is 0.604. The fourth-order valence-corrected chi connectivity index (χ4v) is 3.47. The van der Waals surface area contributed by atoms with Gasteiger partial charge in [-0.15, -0.1) is 5.10 Å². The van der Waals surface area contributed by atoms with Gasteiger partial charge in [-0.1, -0.05) is 24.3 Å². The number of aromatic nitrogens is 5. The number of benzene rings is 1. The van der Waals surface area contributed by atoms with E-state index in [1.165, 1.54) is 6.42 Å². The maximum absolute atomic E-state index is 6.04. The highest BCUT2D eigenvalue weighted by atomic mass is 16.5. The topological polar surface area (TPSA) is 83.3 Å². The molecule has 0 amide bonds. The number of anilines is 1. The molecule has 5 rings (SSSR count). The van der Waals surface area contributed by atoms with Crippen LogP contribution in [0.15, 0.2) is 55.0 Å². The van der Waals surface area contributed by atoms with E-state index < -0.39 is 0 Å². The van der Waals surface area contributed by atoms with Gasteiger partial charge < -0.3 is 10.5 Å². The van der Waals surface area contributed by atoms with Crippen LogP contribution in [0.25, 0.3) is 28.0 Å². The number of fused-ring (bicyclic) bond motifs is 1. The lowest BCUT2D eigenvalue weighted by Crippen LogP contribution is -2.18. The van der Waals surface area contributed by atoms with Gasteiger partial charge in [0.2, 0.25) is 0 Å². The molecule has 27 heavy (non-hydrogen) atoms. The maximum Gasteiger partial charge on any atom is 0.182 e. The highest BCUT2D eigenvalue weighted by Crippen LogP contribution is 2.27. The Balaban J connectivity index is 1.42. The molecule has 136 valence electrons. The molecule has 1 saturated heterocycles. The maximum atomic E-state index is 6.04. The fourth-order valence-electron chi connectivity index (χ4n) is 3.47. The summed E-state index contributed by atoms with van der Waals surface area (Å²) in [5.74, 6) is 1.08. The molecule has 0 radical (unpaired) electrons. The van der Waals surface area contributed by atoms with E-state index in [9.17, 15) is 0 Å². The summed E-state index contributed by atoms with van der Waals surface area (Å²) in [7, 11) is 0. The number of nitrogens with two attached hydrogens (primary N) is 1. The van der Waals surface area contributed by atoms with Crippen LogP contribution in [-0.4, -0.2) is 31.0 Å². The van der Waals surface area contributed by atoms with Crippen molar-refractivity contribution >= 4 is 11.3 Å². The molecule has 1 aromatic carbocycles. The van der Waals surface area contributed by atoms with Crippen molar-refractivity contribution in [2.75, 3.05) is 12.3 Å². The molecule has 0 saturated carbocycles. The van der Waals surface area contributed by atoms with Crippen molar-refractivity contribution in [1.82, 2.24) is 24.4 Å². The number of nitrogens with zero attached hydrogens (tertiary/aromatic N) is 5. The van der Waals surface area contributed by atoms with Gasteiger partial charge in [-0.3, -0.25) is 0 Å². The van der Waals surface area contributed by atoms with Crippen LogP contribution in [0.4, 0.5) is 5.82 Å². The lowest BCUT2D eigenvalue weighted by Gasteiger charge is -2.22. The number of hydrogen-bond donors (Lipinski definition) is 1. The molecule has 1 atom stereocenters. The third-order valence-corrected chi connectivity index (χ3v) is 4.95. The summed E-state index contributed by atoms with van der Waals surface area (Å²) in [5.41, 5.74) is 9.93. The third-order valence-electron chi connectivity index (χ3n) is 4.95. The highest BCUT2D eigenvalue weighted by molar-refractivity contribution is 5.70. The molecule has 1 fully saturated rings. The van der Waals surface area contributed by atoms with Crippen LogP contribution in [0.5, 0.6) is 0 Å². The van der Waals surface area contributed by atoms with Crippen molar-refractivity contribution in [3.8, 4) is 22.5 Å². The molecular formula is C20H20N6O. The van der Waals surface area contributed by atoms with Crippen LogP contribution in [0.2, 0.25) is 0 Å². The highest BCUT2D eigenvalue weighted by Gasteiger charge is 2.17. The normalized spacial score (nSPS) is 17.4. The molecule has 7 heteroatoms. The average molecular weight is 360 g/mol. The van der Waals surface area contributed by atoms with E-state index in [2.05, 4.69) is 27.3 Å². The van der Waals surface area contributed by atoms with Crippen LogP contribution in [0, 0.1) is 0 Å². The van der Waals surface area contributed by atoms with E-state index in [-0.39, 0.29) is 6.23 Å². The Kier molecular flexibility index (Phi) is 3.86. The molecule has 0 spiro atoms. The van der Waals surface area contributed by atoms with Gasteiger partial charge >= 0.3 is 0 Å². The summed E-state index contributed by atoms with van der Waals surface area (Å²) in [5, 5.41) is 9.01. The van der Waals surface area contributed by atoms with Gasteiger partial charge in [0, 0.05) is 30.1 Å². The van der Waals surface area contributed by atoms with Gasteiger partial charge in [0.25, 0.3) is 0 Å². The molecule has 3 aromatic heterocycles. The van der Waals surface area contributed by atoms with Crippen molar-refractivity contribution in [1.29, 1.82) is 0 Å². The molecule has 4 heterocycles. The van der Waals surface area contributed by atoms with Gasteiger partial charge in [-0.05, 0) is 37.0 Å². The summed E-state index contributed by atoms with van der Waals surface area (Å²) in [6.07, 6.45) is 9.18. The van der Waals surface area contributed by atoms with Gasteiger partial charge in [-0.25, -0.2) is 14.2 Å². The fraction of sp³-hybridized carbons (Fsp3) is 0.250. The molecule has 7 nitrogen and oxygen atoms in total. The molecule has 2 N–H and O–H groups in total. The first-order chi connectivity index (χ1) is 13.3. The summed E-state index contributed by atoms with van der Waals surface area (Å²) < 4.78 is 9.47. The zero-order chi connectivity index (χ0) is 18.2. The monoisotopic (exact) mass is 360 g/mol. The van der Waals surface area contributed by atoms with E-state index in [1.54, 1.807) is 4.52 Å². The van der Waals surface area contributed by atoms with Crippen molar-refractivity contribution in [3.05, 3.63) is 55.0 Å². The van der Waals surface area contributed by atoms with Crippen LogP contribution in [0.1, 0.15) is 25.5 Å². The summed E-state index contributed by atoms with van der Waals surface area (Å²) >= 11 is 0.